The molecule has 0 atom stereocenters. The highest BCUT2D eigenvalue weighted by Gasteiger charge is 2.07. The average molecular weight is 217 g/mol. The average Bonchev–Trinajstić information content (AvgIpc) is 2.81. The Bertz CT molecular complexity index is 462. The normalized spacial score (nSPS) is 10.1. The van der Waals surface area contributed by atoms with Crippen LogP contribution in [-0.4, -0.2) is 15.9 Å². The fraction of sp³-hybridized carbons (Fsp3) is 0.182. The fourth-order valence-corrected chi connectivity index (χ4v) is 1.18. The van der Waals surface area contributed by atoms with Gasteiger partial charge in [-0.3, -0.25) is 14.8 Å². The minimum atomic E-state index is -0.257. The lowest BCUT2D eigenvalue weighted by Crippen LogP contribution is -2.22. The molecule has 0 bridgehead atoms. The number of carbonyl (C=O) groups excluding carboxylic acids is 1. The third kappa shape index (κ3) is 2.44. The summed E-state index contributed by atoms with van der Waals surface area (Å²) < 4.78 is 4.95. The molecular formula is C11H11N3O2. The summed E-state index contributed by atoms with van der Waals surface area (Å²) in [5, 5.41) is 2.69. The van der Waals surface area contributed by atoms with Crippen LogP contribution in [0.5, 0.6) is 0 Å². The maximum Gasteiger partial charge on any atom is 0.287 e. The number of furan rings is 1. The molecule has 1 amide bonds. The van der Waals surface area contributed by atoms with Crippen LogP contribution in [0, 0.1) is 6.92 Å². The van der Waals surface area contributed by atoms with Crippen LogP contribution in [0.1, 0.15) is 21.9 Å². The third-order valence-corrected chi connectivity index (χ3v) is 2.01. The predicted octanol–water partition coefficient (Wildman–Crippen LogP) is 1.31. The van der Waals surface area contributed by atoms with Crippen molar-refractivity contribution in [2.45, 2.75) is 13.5 Å². The number of hydrogen-bond acceptors (Lipinski definition) is 4. The van der Waals surface area contributed by atoms with Crippen molar-refractivity contribution in [2.75, 3.05) is 0 Å². The van der Waals surface area contributed by atoms with E-state index in [1.54, 1.807) is 24.5 Å². The predicted molar refractivity (Wildman–Crippen MR) is 56.6 cm³/mol. The first-order chi connectivity index (χ1) is 7.75. The molecule has 2 heterocycles. The molecule has 0 saturated heterocycles. The van der Waals surface area contributed by atoms with Gasteiger partial charge in [-0.15, -0.1) is 0 Å². The number of nitrogens with zero attached hydrogens (tertiary/aromatic N) is 2. The first-order valence-electron chi connectivity index (χ1n) is 4.85. The Morgan fingerprint density at radius 3 is 2.94 bits per heavy atom. The molecule has 5 heteroatoms. The number of aromatic nitrogens is 2. The summed E-state index contributed by atoms with van der Waals surface area (Å²) in [6, 6.07) is 3.27. The maximum absolute atomic E-state index is 11.5. The van der Waals surface area contributed by atoms with Crippen molar-refractivity contribution in [3.8, 4) is 0 Å². The molecule has 0 radical (unpaired) electrons. The molecule has 2 rings (SSSR count). The van der Waals surface area contributed by atoms with Gasteiger partial charge in [-0.2, -0.15) is 0 Å². The highest BCUT2D eigenvalue weighted by molar-refractivity contribution is 5.91. The Balaban J connectivity index is 1.93. The fourth-order valence-electron chi connectivity index (χ4n) is 1.18. The maximum atomic E-state index is 11.5. The number of amides is 1. The summed E-state index contributed by atoms with van der Waals surface area (Å²) in [5.41, 5.74) is 1.56. The van der Waals surface area contributed by atoms with Crippen molar-refractivity contribution >= 4 is 5.91 Å². The van der Waals surface area contributed by atoms with Gasteiger partial charge >= 0.3 is 0 Å². The number of carbonyl (C=O) groups is 1. The lowest BCUT2D eigenvalue weighted by molar-refractivity contribution is 0.0922. The zero-order valence-corrected chi connectivity index (χ0v) is 8.80. The molecule has 0 spiro atoms. The van der Waals surface area contributed by atoms with E-state index in [1.165, 1.54) is 6.26 Å². The van der Waals surface area contributed by atoms with E-state index in [-0.39, 0.29) is 5.91 Å². The van der Waals surface area contributed by atoms with E-state index in [2.05, 4.69) is 15.3 Å². The summed E-state index contributed by atoms with van der Waals surface area (Å²) in [6.45, 7) is 2.20. The molecule has 0 aliphatic carbocycles. The molecule has 0 aliphatic rings. The second-order valence-electron chi connectivity index (χ2n) is 3.31. The monoisotopic (exact) mass is 217 g/mol. The van der Waals surface area contributed by atoms with Crippen LogP contribution in [-0.2, 0) is 6.54 Å². The highest BCUT2D eigenvalue weighted by Crippen LogP contribution is 2.00. The summed E-state index contributed by atoms with van der Waals surface area (Å²) in [6.07, 6.45) is 4.76. The van der Waals surface area contributed by atoms with E-state index in [1.807, 2.05) is 6.92 Å². The van der Waals surface area contributed by atoms with E-state index >= 15 is 0 Å². The minimum Gasteiger partial charge on any atom is -0.459 e. The van der Waals surface area contributed by atoms with Gasteiger partial charge in [-0.1, -0.05) is 0 Å². The first-order valence-corrected chi connectivity index (χ1v) is 4.85. The third-order valence-electron chi connectivity index (χ3n) is 2.01. The van der Waals surface area contributed by atoms with Gasteiger partial charge in [0.2, 0.25) is 0 Å². The van der Waals surface area contributed by atoms with Crippen molar-refractivity contribution in [1.82, 2.24) is 15.3 Å². The van der Waals surface area contributed by atoms with Gasteiger partial charge in [-0.25, -0.2) is 0 Å². The number of rotatable bonds is 3. The van der Waals surface area contributed by atoms with Gasteiger partial charge < -0.3 is 9.73 Å². The summed E-state index contributed by atoms with van der Waals surface area (Å²) >= 11 is 0. The van der Waals surface area contributed by atoms with Gasteiger partial charge in [-0.05, 0) is 19.1 Å². The molecule has 0 aliphatic heterocycles. The SMILES string of the molecule is Cc1cnc(CNC(=O)c2ccco2)cn1. The standard InChI is InChI=1S/C11H11N3O2/c1-8-5-13-9(6-12-8)7-14-11(15)10-3-2-4-16-10/h2-6H,7H2,1H3,(H,14,15). The molecule has 0 fully saturated rings. The second-order valence-corrected chi connectivity index (χ2v) is 3.31. The molecule has 5 nitrogen and oxygen atoms in total. The van der Waals surface area contributed by atoms with Crippen molar-refractivity contribution in [3.05, 3.63) is 47.9 Å². The molecular weight excluding hydrogens is 206 g/mol. The molecule has 0 aromatic carbocycles. The van der Waals surface area contributed by atoms with Gasteiger partial charge in [0.05, 0.1) is 30.4 Å². The number of nitrogens with one attached hydrogen (secondary N) is 1. The van der Waals surface area contributed by atoms with E-state index in [4.69, 9.17) is 4.42 Å². The minimum absolute atomic E-state index is 0.257. The topological polar surface area (TPSA) is 68.0 Å². The Hall–Kier alpha value is -2.17. The lowest BCUT2D eigenvalue weighted by atomic mass is 10.4. The molecule has 0 unspecified atom stereocenters. The van der Waals surface area contributed by atoms with E-state index in [9.17, 15) is 4.79 Å². The van der Waals surface area contributed by atoms with Crippen LogP contribution in [0.3, 0.4) is 0 Å². The molecule has 82 valence electrons. The summed E-state index contributed by atoms with van der Waals surface area (Å²) in [5.74, 6) is 0.0347. The molecule has 2 aromatic rings. The summed E-state index contributed by atoms with van der Waals surface area (Å²) in [4.78, 5) is 19.7. The number of hydrogen-bond donors (Lipinski definition) is 1. The van der Waals surface area contributed by atoms with Gasteiger partial charge in [0.1, 0.15) is 0 Å². The molecule has 0 saturated carbocycles. The van der Waals surface area contributed by atoms with E-state index in [0.29, 0.717) is 18.0 Å². The zero-order valence-electron chi connectivity index (χ0n) is 8.80. The Morgan fingerprint density at radius 2 is 2.31 bits per heavy atom. The smallest absolute Gasteiger partial charge is 0.287 e. The molecule has 2 aromatic heterocycles. The van der Waals surface area contributed by atoms with Crippen LogP contribution in [0.15, 0.2) is 35.2 Å². The van der Waals surface area contributed by atoms with Crippen LogP contribution >= 0.6 is 0 Å². The zero-order chi connectivity index (χ0) is 11.4. The quantitative estimate of drug-likeness (QED) is 0.841. The van der Waals surface area contributed by atoms with Crippen molar-refractivity contribution in [2.24, 2.45) is 0 Å². The second kappa shape index (κ2) is 4.57. The first kappa shape index (κ1) is 10.4. The van der Waals surface area contributed by atoms with Crippen LogP contribution in [0.25, 0.3) is 0 Å². The van der Waals surface area contributed by atoms with Crippen molar-refractivity contribution < 1.29 is 9.21 Å². The van der Waals surface area contributed by atoms with E-state index in [0.717, 1.165) is 5.69 Å². The molecule has 1 N–H and O–H groups in total. The number of aryl methyl sites for hydroxylation is 1. The Morgan fingerprint density at radius 1 is 1.44 bits per heavy atom. The van der Waals surface area contributed by atoms with Crippen LogP contribution in [0.2, 0.25) is 0 Å². The van der Waals surface area contributed by atoms with Crippen molar-refractivity contribution in [3.63, 3.8) is 0 Å². The summed E-state index contributed by atoms with van der Waals surface area (Å²) in [7, 11) is 0. The largest absolute Gasteiger partial charge is 0.459 e. The van der Waals surface area contributed by atoms with Crippen molar-refractivity contribution in [1.29, 1.82) is 0 Å². The Kier molecular flexibility index (Phi) is 2.95. The lowest BCUT2D eigenvalue weighted by Gasteiger charge is -2.02. The van der Waals surface area contributed by atoms with Crippen LogP contribution in [0.4, 0.5) is 0 Å². The van der Waals surface area contributed by atoms with Crippen LogP contribution < -0.4 is 5.32 Å². The van der Waals surface area contributed by atoms with Gasteiger partial charge in [0.15, 0.2) is 5.76 Å². The molecule has 16 heavy (non-hydrogen) atoms. The highest BCUT2D eigenvalue weighted by atomic mass is 16.3. The van der Waals surface area contributed by atoms with Gasteiger partial charge in [0.25, 0.3) is 5.91 Å². The Labute approximate surface area is 92.5 Å². The van der Waals surface area contributed by atoms with Gasteiger partial charge in [0, 0.05) is 6.20 Å². The van der Waals surface area contributed by atoms with E-state index < -0.39 is 0 Å².